The summed E-state index contributed by atoms with van der Waals surface area (Å²) in [6, 6.07) is 3.41. The summed E-state index contributed by atoms with van der Waals surface area (Å²) in [6.07, 6.45) is -0.416. The summed E-state index contributed by atoms with van der Waals surface area (Å²) < 4.78 is 41.6. The number of ether oxygens (including phenoxy) is 2. The molecular weight excluding hydrogens is 258 g/mol. The molecular formula is C12H10F2N2O3. The predicted octanol–water partition coefficient (Wildman–Crippen LogP) is 2.10. The molecule has 7 heteroatoms. The summed E-state index contributed by atoms with van der Waals surface area (Å²) in [5.41, 5.74) is 0.339. The quantitative estimate of drug-likeness (QED) is 0.834. The minimum Gasteiger partial charge on any atom is -0.376 e. The van der Waals surface area contributed by atoms with Crippen LogP contribution in [-0.2, 0) is 9.47 Å². The van der Waals surface area contributed by atoms with Gasteiger partial charge in [-0.1, -0.05) is 5.16 Å². The Morgan fingerprint density at radius 1 is 1.16 bits per heavy atom. The van der Waals surface area contributed by atoms with Crippen LogP contribution in [0.4, 0.5) is 8.78 Å². The van der Waals surface area contributed by atoms with Crippen molar-refractivity contribution in [3.8, 4) is 11.4 Å². The van der Waals surface area contributed by atoms with Crippen molar-refractivity contribution in [2.45, 2.75) is 6.10 Å². The van der Waals surface area contributed by atoms with Gasteiger partial charge >= 0.3 is 0 Å². The first kappa shape index (κ1) is 12.2. The summed E-state index contributed by atoms with van der Waals surface area (Å²) >= 11 is 0. The highest BCUT2D eigenvalue weighted by Gasteiger charge is 2.23. The molecule has 1 aromatic carbocycles. The van der Waals surface area contributed by atoms with Crippen molar-refractivity contribution in [2.75, 3.05) is 19.8 Å². The van der Waals surface area contributed by atoms with Gasteiger partial charge in [-0.15, -0.1) is 0 Å². The number of rotatable bonds is 2. The molecule has 1 aliphatic rings. The molecule has 2 aromatic rings. The molecule has 0 unspecified atom stereocenters. The second-order valence-electron chi connectivity index (χ2n) is 4.02. The van der Waals surface area contributed by atoms with Gasteiger partial charge in [-0.05, 0) is 18.2 Å². The summed E-state index contributed by atoms with van der Waals surface area (Å²) in [5, 5.41) is 3.72. The Bertz CT molecular complexity index is 582. The molecule has 1 atom stereocenters. The summed E-state index contributed by atoms with van der Waals surface area (Å²) in [7, 11) is 0. The molecule has 100 valence electrons. The van der Waals surface area contributed by atoms with Gasteiger partial charge in [0.25, 0.3) is 5.89 Å². The van der Waals surface area contributed by atoms with Crippen molar-refractivity contribution in [3.63, 3.8) is 0 Å². The molecule has 5 nitrogen and oxygen atoms in total. The average molecular weight is 268 g/mol. The van der Waals surface area contributed by atoms with Crippen LogP contribution in [0.5, 0.6) is 0 Å². The number of nitrogens with zero attached hydrogens (tertiary/aromatic N) is 2. The lowest BCUT2D eigenvalue weighted by Crippen LogP contribution is -2.22. The molecule has 0 saturated carbocycles. The van der Waals surface area contributed by atoms with Gasteiger partial charge in [-0.25, -0.2) is 8.78 Å². The van der Waals surface area contributed by atoms with Gasteiger partial charge in [-0.2, -0.15) is 4.98 Å². The summed E-state index contributed by atoms with van der Waals surface area (Å²) in [6.45, 7) is 1.31. The van der Waals surface area contributed by atoms with Gasteiger partial charge in [0.15, 0.2) is 17.7 Å². The maximum absolute atomic E-state index is 13.1. The first-order valence-corrected chi connectivity index (χ1v) is 5.72. The SMILES string of the molecule is Fc1ccc(-c2noc([C@@H]3COCCO3)n2)cc1F. The molecule has 0 amide bonds. The van der Waals surface area contributed by atoms with E-state index in [4.69, 9.17) is 14.0 Å². The molecule has 1 fully saturated rings. The third-order valence-corrected chi connectivity index (χ3v) is 2.71. The zero-order valence-corrected chi connectivity index (χ0v) is 9.81. The van der Waals surface area contributed by atoms with Crippen LogP contribution >= 0.6 is 0 Å². The van der Waals surface area contributed by atoms with Crippen molar-refractivity contribution >= 4 is 0 Å². The van der Waals surface area contributed by atoms with Gasteiger partial charge in [0.05, 0.1) is 19.8 Å². The lowest BCUT2D eigenvalue weighted by molar-refractivity contribution is -0.101. The van der Waals surface area contributed by atoms with E-state index >= 15 is 0 Å². The van der Waals surface area contributed by atoms with E-state index in [2.05, 4.69) is 10.1 Å². The van der Waals surface area contributed by atoms with Crippen LogP contribution in [0.2, 0.25) is 0 Å². The molecule has 1 saturated heterocycles. The molecule has 3 rings (SSSR count). The molecule has 19 heavy (non-hydrogen) atoms. The molecule has 1 aliphatic heterocycles. The standard InChI is InChI=1S/C12H10F2N2O3/c13-8-2-1-7(5-9(8)14)11-15-12(19-16-11)10-6-17-3-4-18-10/h1-2,5,10H,3-4,6H2/t10-/m0/s1. The second-order valence-corrected chi connectivity index (χ2v) is 4.02. The molecule has 1 aromatic heterocycles. The monoisotopic (exact) mass is 268 g/mol. The summed E-state index contributed by atoms with van der Waals surface area (Å²) in [4.78, 5) is 4.10. The number of aromatic nitrogens is 2. The van der Waals surface area contributed by atoms with Crippen molar-refractivity contribution in [1.82, 2.24) is 10.1 Å². The minimum absolute atomic E-state index is 0.183. The highest BCUT2D eigenvalue weighted by Crippen LogP contribution is 2.23. The van der Waals surface area contributed by atoms with Crippen molar-refractivity contribution < 1.29 is 22.8 Å². The van der Waals surface area contributed by atoms with Crippen LogP contribution in [0.1, 0.15) is 12.0 Å². The lowest BCUT2D eigenvalue weighted by Gasteiger charge is -2.19. The number of benzene rings is 1. The Kier molecular flexibility index (Phi) is 3.22. The van der Waals surface area contributed by atoms with E-state index in [0.29, 0.717) is 25.4 Å². The van der Waals surface area contributed by atoms with Crippen molar-refractivity contribution in [3.05, 3.63) is 35.7 Å². The molecule has 0 bridgehead atoms. The van der Waals surface area contributed by atoms with E-state index in [1.54, 1.807) is 0 Å². The Morgan fingerprint density at radius 2 is 2.05 bits per heavy atom. The number of hydrogen-bond acceptors (Lipinski definition) is 5. The Hall–Kier alpha value is -1.86. The van der Waals surface area contributed by atoms with Crippen LogP contribution in [0.3, 0.4) is 0 Å². The summed E-state index contributed by atoms with van der Waals surface area (Å²) in [5.74, 6) is -1.43. The number of hydrogen-bond donors (Lipinski definition) is 0. The normalized spacial score (nSPS) is 19.6. The van der Waals surface area contributed by atoms with Gasteiger partial charge in [0.1, 0.15) is 0 Å². The van der Waals surface area contributed by atoms with Crippen molar-refractivity contribution in [1.29, 1.82) is 0 Å². The van der Waals surface area contributed by atoms with Gasteiger partial charge in [0.2, 0.25) is 5.82 Å². The minimum atomic E-state index is -0.957. The highest BCUT2D eigenvalue weighted by atomic mass is 19.2. The van der Waals surface area contributed by atoms with Crippen molar-refractivity contribution in [2.24, 2.45) is 0 Å². The Morgan fingerprint density at radius 3 is 2.79 bits per heavy atom. The van der Waals surface area contributed by atoms with E-state index < -0.39 is 17.7 Å². The third kappa shape index (κ3) is 2.47. The third-order valence-electron chi connectivity index (χ3n) is 2.71. The second kappa shape index (κ2) is 5.02. The predicted molar refractivity (Wildman–Crippen MR) is 59.2 cm³/mol. The van der Waals surface area contributed by atoms with Crippen LogP contribution < -0.4 is 0 Å². The molecule has 0 N–H and O–H groups in total. The Labute approximate surface area is 107 Å². The maximum Gasteiger partial charge on any atom is 0.258 e. The molecule has 0 aliphatic carbocycles. The molecule has 2 heterocycles. The van der Waals surface area contributed by atoms with Crippen LogP contribution in [0.15, 0.2) is 22.7 Å². The highest BCUT2D eigenvalue weighted by molar-refractivity contribution is 5.54. The smallest absolute Gasteiger partial charge is 0.258 e. The van der Waals surface area contributed by atoms with E-state index in [0.717, 1.165) is 12.1 Å². The zero-order chi connectivity index (χ0) is 13.2. The molecule has 0 radical (unpaired) electrons. The van der Waals surface area contributed by atoms with E-state index in [-0.39, 0.29) is 11.7 Å². The molecule has 0 spiro atoms. The van der Waals surface area contributed by atoms with Gasteiger partial charge in [0, 0.05) is 5.56 Å². The van der Waals surface area contributed by atoms with Gasteiger partial charge in [-0.3, -0.25) is 0 Å². The number of halogens is 2. The van der Waals surface area contributed by atoms with Crippen LogP contribution in [0.25, 0.3) is 11.4 Å². The fraction of sp³-hybridized carbons (Fsp3) is 0.333. The first-order valence-electron chi connectivity index (χ1n) is 5.72. The van der Waals surface area contributed by atoms with Crippen LogP contribution in [-0.4, -0.2) is 30.0 Å². The lowest BCUT2D eigenvalue weighted by atomic mass is 10.2. The first-order chi connectivity index (χ1) is 9.24. The zero-order valence-electron chi connectivity index (χ0n) is 9.81. The average Bonchev–Trinajstić information content (AvgIpc) is 2.93. The largest absolute Gasteiger partial charge is 0.376 e. The van der Waals surface area contributed by atoms with Crippen LogP contribution in [0, 0.1) is 11.6 Å². The Balaban J connectivity index is 1.85. The van der Waals surface area contributed by atoms with E-state index in [1.807, 2.05) is 0 Å². The topological polar surface area (TPSA) is 57.4 Å². The maximum atomic E-state index is 13.1. The fourth-order valence-corrected chi connectivity index (χ4v) is 1.75. The fourth-order valence-electron chi connectivity index (χ4n) is 1.75. The van der Waals surface area contributed by atoms with E-state index in [1.165, 1.54) is 6.07 Å². The van der Waals surface area contributed by atoms with Gasteiger partial charge < -0.3 is 14.0 Å². The van der Waals surface area contributed by atoms with E-state index in [9.17, 15) is 8.78 Å².